The first-order chi connectivity index (χ1) is 7.95. The molecule has 0 heterocycles. The molecular weight excluding hydrogens is 281 g/mol. The molecule has 1 aromatic carbocycles. The summed E-state index contributed by atoms with van der Waals surface area (Å²) in [5.41, 5.74) is 0.335. The molecule has 0 aliphatic carbocycles. The van der Waals surface area contributed by atoms with Gasteiger partial charge in [-0.2, -0.15) is 0 Å². The third-order valence-electron chi connectivity index (χ3n) is 3.31. The molecule has 0 atom stereocenters. The van der Waals surface area contributed by atoms with Crippen LogP contribution in [0.5, 0.6) is 0 Å². The first kappa shape index (κ1) is 15.1. The molecule has 96 valence electrons. The average Bonchev–Trinajstić information content (AvgIpc) is 2.28. The minimum Gasteiger partial charge on any atom is -0.207 e. The molecule has 0 aliphatic heterocycles. The van der Waals surface area contributed by atoms with Crippen molar-refractivity contribution >= 4 is 34.8 Å². The molecule has 1 aromatic rings. The maximum Gasteiger partial charge on any atom is 0.127 e. The number of hydrogen-bond acceptors (Lipinski definition) is 0. The Morgan fingerprint density at radius 1 is 1.24 bits per heavy atom. The van der Waals surface area contributed by atoms with Crippen LogP contribution in [0.4, 0.5) is 4.39 Å². The molecule has 17 heavy (non-hydrogen) atoms. The zero-order valence-electron chi connectivity index (χ0n) is 9.94. The fourth-order valence-electron chi connectivity index (χ4n) is 1.69. The first-order valence-electron chi connectivity index (χ1n) is 5.51. The summed E-state index contributed by atoms with van der Waals surface area (Å²) in [5.74, 6) is 0.817. The number of alkyl halides is 2. The average molecular weight is 298 g/mol. The third-order valence-corrected chi connectivity index (χ3v) is 4.61. The second kappa shape index (κ2) is 6.26. The van der Waals surface area contributed by atoms with Gasteiger partial charge in [-0.05, 0) is 30.0 Å². The van der Waals surface area contributed by atoms with E-state index in [1.807, 2.05) is 0 Å². The van der Waals surface area contributed by atoms with Gasteiger partial charge in [-0.3, -0.25) is 0 Å². The van der Waals surface area contributed by atoms with Crippen molar-refractivity contribution in [1.82, 2.24) is 0 Å². The Balaban J connectivity index is 3.01. The molecule has 0 radical (unpaired) electrons. The van der Waals surface area contributed by atoms with Gasteiger partial charge < -0.3 is 0 Å². The predicted molar refractivity (Wildman–Crippen MR) is 73.8 cm³/mol. The van der Waals surface area contributed by atoms with Crippen LogP contribution in [0, 0.1) is 17.2 Å². The molecule has 0 saturated carbocycles. The Hall–Kier alpha value is 0.0200. The van der Waals surface area contributed by atoms with E-state index < -0.39 is 0 Å². The lowest BCUT2D eigenvalue weighted by molar-refractivity contribution is 0.256. The van der Waals surface area contributed by atoms with Crippen molar-refractivity contribution in [2.75, 3.05) is 11.8 Å². The first-order valence-corrected chi connectivity index (χ1v) is 6.96. The highest BCUT2D eigenvalue weighted by atomic mass is 35.5. The molecule has 4 heteroatoms. The Kier molecular flexibility index (Phi) is 5.56. The zero-order valence-corrected chi connectivity index (χ0v) is 12.2. The van der Waals surface area contributed by atoms with Crippen LogP contribution in [0.3, 0.4) is 0 Å². The Bertz CT molecular complexity index is 373. The fraction of sp³-hybridized carbons (Fsp3) is 0.538. The Labute approximate surface area is 117 Å². The van der Waals surface area contributed by atoms with Gasteiger partial charge in [0.15, 0.2) is 0 Å². The van der Waals surface area contributed by atoms with Gasteiger partial charge in [0, 0.05) is 22.2 Å². The predicted octanol–water partition coefficient (Wildman–Crippen LogP) is 5.14. The van der Waals surface area contributed by atoms with Crippen molar-refractivity contribution in [2.45, 2.75) is 20.3 Å². The summed E-state index contributed by atoms with van der Waals surface area (Å²) in [6.45, 7) is 4.11. The maximum atomic E-state index is 13.7. The van der Waals surface area contributed by atoms with Crippen LogP contribution in [0.15, 0.2) is 18.2 Å². The van der Waals surface area contributed by atoms with E-state index in [1.54, 1.807) is 12.1 Å². The van der Waals surface area contributed by atoms with Gasteiger partial charge in [0.1, 0.15) is 5.82 Å². The van der Waals surface area contributed by atoms with Crippen LogP contribution >= 0.6 is 34.8 Å². The summed E-state index contributed by atoms with van der Waals surface area (Å²) in [6, 6.07) is 4.71. The summed E-state index contributed by atoms with van der Waals surface area (Å²) in [7, 11) is 0. The molecule has 1 rings (SSSR count). The summed E-state index contributed by atoms with van der Waals surface area (Å²) in [6.07, 6.45) is 0.528. The van der Waals surface area contributed by atoms with E-state index in [4.69, 9.17) is 34.8 Å². The highest BCUT2D eigenvalue weighted by Gasteiger charge is 2.33. The van der Waals surface area contributed by atoms with Crippen LogP contribution < -0.4 is 0 Å². The molecule has 0 N–H and O–H groups in total. The number of benzene rings is 1. The van der Waals surface area contributed by atoms with E-state index in [2.05, 4.69) is 13.8 Å². The quantitative estimate of drug-likeness (QED) is 0.660. The fourth-order valence-corrected chi connectivity index (χ4v) is 2.94. The normalized spacial score (nSPS) is 12.2. The van der Waals surface area contributed by atoms with Gasteiger partial charge in [-0.1, -0.05) is 31.5 Å². The van der Waals surface area contributed by atoms with E-state index >= 15 is 0 Å². The van der Waals surface area contributed by atoms with Crippen molar-refractivity contribution < 1.29 is 4.39 Å². The van der Waals surface area contributed by atoms with E-state index in [9.17, 15) is 4.39 Å². The molecule has 0 bridgehead atoms. The minimum absolute atomic E-state index is 0.280. The van der Waals surface area contributed by atoms with E-state index in [0.717, 1.165) is 0 Å². The van der Waals surface area contributed by atoms with E-state index in [0.29, 0.717) is 28.8 Å². The lowest BCUT2D eigenvalue weighted by Gasteiger charge is -2.34. The summed E-state index contributed by atoms with van der Waals surface area (Å²) in [4.78, 5) is 0. The SMILES string of the molecule is CC(C)C(CCl)(CCl)Cc1ccc(Cl)cc1F. The van der Waals surface area contributed by atoms with Gasteiger partial charge in [-0.15, -0.1) is 23.2 Å². The molecule has 0 unspecified atom stereocenters. The molecule has 0 fully saturated rings. The number of halogens is 4. The van der Waals surface area contributed by atoms with Crippen LogP contribution in [0.2, 0.25) is 5.02 Å². The monoisotopic (exact) mass is 296 g/mol. The topological polar surface area (TPSA) is 0 Å². The smallest absolute Gasteiger partial charge is 0.127 e. The molecule has 0 nitrogen and oxygen atoms in total. The molecule has 0 amide bonds. The van der Waals surface area contributed by atoms with Gasteiger partial charge in [0.2, 0.25) is 0 Å². The largest absolute Gasteiger partial charge is 0.207 e. The Morgan fingerprint density at radius 3 is 2.24 bits per heavy atom. The van der Waals surface area contributed by atoms with Crippen molar-refractivity contribution in [1.29, 1.82) is 0 Å². The lowest BCUT2D eigenvalue weighted by atomic mass is 9.76. The van der Waals surface area contributed by atoms with Gasteiger partial charge in [-0.25, -0.2) is 4.39 Å². The van der Waals surface area contributed by atoms with Crippen LogP contribution in [-0.2, 0) is 6.42 Å². The highest BCUT2D eigenvalue weighted by molar-refractivity contribution is 6.30. The van der Waals surface area contributed by atoms with E-state index in [-0.39, 0.29) is 17.2 Å². The van der Waals surface area contributed by atoms with Crippen molar-refractivity contribution in [3.05, 3.63) is 34.6 Å². The third kappa shape index (κ3) is 3.49. The van der Waals surface area contributed by atoms with Gasteiger partial charge in [0.05, 0.1) is 0 Å². The number of rotatable bonds is 5. The van der Waals surface area contributed by atoms with Crippen molar-refractivity contribution in [3.8, 4) is 0 Å². The minimum atomic E-state index is -0.294. The van der Waals surface area contributed by atoms with Crippen LogP contribution in [-0.4, -0.2) is 11.8 Å². The van der Waals surface area contributed by atoms with Crippen molar-refractivity contribution in [3.63, 3.8) is 0 Å². The second-order valence-electron chi connectivity index (χ2n) is 4.70. The second-order valence-corrected chi connectivity index (χ2v) is 5.67. The Morgan fingerprint density at radius 2 is 1.82 bits per heavy atom. The molecular formula is C13H16Cl3F. The highest BCUT2D eigenvalue weighted by Crippen LogP contribution is 2.35. The summed E-state index contributed by atoms with van der Waals surface area (Å²) >= 11 is 17.8. The van der Waals surface area contributed by atoms with Crippen LogP contribution in [0.1, 0.15) is 19.4 Å². The molecule has 0 saturated heterocycles. The number of hydrogen-bond donors (Lipinski definition) is 0. The van der Waals surface area contributed by atoms with Crippen molar-refractivity contribution in [2.24, 2.45) is 11.3 Å². The lowest BCUT2D eigenvalue weighted by Crippen LogP contribution is -2.34. The summed E-state index contributed by atoms with van der Waals surface area (Å²) in [5, 5.41) is 0.401. The maximum absolute atomic E-state index is 13.7. The molecule has 0 aliphatic rings. The van der Waals surface area contributed by atoms with E-state index in [1.165, 1.54) is 6.07 Å². The molecule has 0 aromatic heterocycles. The zero-order chi connectivity index (χ0) is 13.1. The van der Waals surface area contributed by atoms with Gasteiger partial charge in [0.25, 0.3) is 0 Å². The standard InChI is InChI=1S/C13H16Cl3F/c1-9(2)13(7-14,8-15)6-10-3-4-11(16)5-12(10)17/h3-5,9H,6-8H2,1-2H3. The summed E-state index contributed by atoms with van der Waals surface area (Å²) < 4.78 is 13.7. The van der Waals surface area contributed by atoms with Gasteiger partial charge >= 0.3 is 0 Å². The van der Waals surface area contributed by atoms with Crippen LogP contribution in [0.25, 0.3) is 0 Å². The molecule has 0 spiro atoms.